The molecule has 0 amide bonds. The van der Waals surface area contributed by atoms with E-state index < -0.39 is 0 Å². The first-order chi connectivity index (χ1) is 7.06. The molecule has 0 unspecified atom stereocenters. The number of Topliss-reactive ketones (excluding diaryl/α,β-unsaturated/α-hetero) is 1. The molecule has 0 aromatic heterocycles. The molecule has 0 spiro atoms. The van der Waals surface area contributed by atoms with Crippen molar-refractivity contribution < 1.29 is 9.53 Å². The predicted octanol–water partition coefficient (Wildman–Crippen LogP) is 2.97. The Bertz CT molecular complexity index is 367. The van der Waals surface area contributed by atoms with Gasteiger partial charge in [-0.2, -0.15) is 0 Å². The third-order valence-corrected chi connectivity index (χ3v) is 2.65. The van der Waals surface area contributed by atoms with Crippen molar-refractivity contribution in [2.75, 3.05) is 6.61 Å². The number of carbonyl (C=O) groups is 1. The number of rotatable bonds is 4. The van der Waals surface area contributed by atoms with E-state index in [2.05, 4.69) is 6.07 Å². The lowest BCUT2D eigenvalue weighted by Gasteiger charge is -2.12. The highest BCUT2D eigenvalue weighted by molar-refractivity contribution is 5.79. The molecular formula is C13H18O2. The zero-order valence-electron chi connectivity index (χ0n) is 9.89. The van der Waals surface area contributed by atoms with Crippen molar-refractivity contribution >= 4 is 5.78 Å². The van der Waals surface area contributed by atoms with Gasteiger partial charge in [-0.15, -0.1) is 0 Å². The average molecular weight is 206 g/mol. The van der Waals surface area contributed by atoms with Gasteiger partial charge in [0.2, 0.25) is 0 Å². The molecule has 1 aromatic rings. The van der Waals surface area contributed by atoms with Crippen LogP contribution < -0.4 is 4.74 Å². The molecule has 2 nitrogen and oxygen atoms in total. The minimum atomic E-state index is 0.135. The summed E-state index contributed by atoms with van der Waals surface area (Å²) in [6.07, 6.45) is 0.532. The van der Waals surface area contributed by atoms with Crippen molar-refractivity contribution in [3.8, 4) is 5.75 Å². The minimum absolute atomic E-state index is 0.135. The number of hydrogen-bond acceptors (Lipinski definition) is 2. The molecule has 2 heteroatoms. The predicted molar refractivity (Wildman–Crippen MR) is 61.4 cm³/mol. The molecule has 1 rings (SSSR count). The molecule has 0 heterocycles. The lowest BCUT2D eigenvalue weighted by atomic mass is 10.1. The second kappa shape index (κ2) is 4.96. The molecule has 0 radical (unpaired) electrons. The van der Waals surface area contributed by atoms with Gasteiger partial charge in [0, 0.05) is 6.42 Å². The van der Waals surface area contributed by atoms with Crippen molar-refractivity contribution in [2.24, 2.45) is 0 Å². The van der Waals surface area contributed by atoms with Crippen LogP contribution in [0.4, 0.5) is 0 Å². The van der Waals surface area contributed by atoms with Crippen LogP contribution in [0.1, 0.15) is 30.0 Å². The molecule has 0 aliphatic heterocycles. The molecule has 82 valence electrons. The monoisotopic (exact) mass is 206 g/mol. The highest BCUT2D eigenvalue weighted by Crippen LogP contribution is 2.25. The van der Waals surface area contributed by atoms with Crippen molar-refractivity contribution in [1.82, 2.24) is 0 Å². The van der Waals surface area contributed by atoms with E-state index in [0.717, 1.165) is 16.9 Å². The van der Waals surface area contributed by atoms with E-state index >= 15 is 0 Å². The molecule has 0 bridgehead atoms. The maximum Gasteiger partial charge on any atom is 0.169 e. The lowest BCUT2D eigenvalue weighted by molar-refractivity contribution is -0.120. The van der Waals surface area contributed by atoms with Crippen LogP contribution in [-0.2, 0) is 4.79 Å². The Hall–Kier alpha value is -1.31. The van der Waals surface area contributed by atoms with Crippen molar-refractivity contribution in [2.45, 2.75) is 34.1 Å². The smallest absolute Gasteiger partial charge is 0.169 e. The molecule has 0 N–H and O–H groups in total. The van der Waals surface area contributed by atoms with Crippen LogP contribution in [0.25, 0.3) is 0 Å². The van der Waals surface area contributed by atoms with Crippen LogP contribution in [0.5, 0.6) is 5.75 Å². The molecule has 0 atom stereocenters. The first-order valence-electron chi connectivity index (χ1n) is 5.27. The number of hydrogen-bond donors (Lipinski definition) is 0. The molecule has 0 saturated carbocycles. The highest BCUT2D eigenvalue weighted by atomic mass is 16.5. The third-order valence-electron chi connectivity index (χ3n) is 2.65. The summed E-state index contributed by atoms with van der Waals surface area (Å²) in [5.41, 5.74) is 3.40. The normalized spacial score (nSPS) is 10.1. The van der Waals surface area contributed by atoms with E-state index in [1.54, 1.807) is 0 Å². The number of aryl methyl sites for hydroxylation is 2. The zero-order valence-corrected chi connectivity index (χ0v) is 9.89. The summed E-state index contributed by atoms with van der Waals surface area (Å²) < 4.78 is 5.55. The fraction of sp³-hybridized carbons (Fsp3) is 0.462. The van der Waals surface area contributed by atoms with Gasteiger partial charge in [0.1, 0.15) is 12.4 Å². The maximum atomic E-state index is 11.2. The highest BCUT2D eigenvalue weighted by Gasteiger charge is 2.07. The van der Waals surface area contributed by atoms with Crippen LogP contribution in [0, 0.1) is 20.8 Å². The van der Waals surface area contributed by atoms with Crippen LogP contribution in [0.15, 0.2) is 12.1 Å². The van der Waals surface area contributed by atoms with E-state index in [0.29, 0.717) is 6.42 Å². The van der Waals surface area contributed by atoms with Gasteiger partial charge >= 0.3 is 0 Å². The number of ether oxygens (including phenoxy) is 1. The van der Waals surface area contributed by atoms with Gasteiger partial charge in [0.25, 0.3) is 0 Å². The summed E-state index contributed by atoms with van der Waals surface area (Å²) in [5.74, 6) is 0.993. The summed E-state index contributed by atoms with van der Waals surface area (Å²) in [6, 6.07) is 4.09. The van der Waals surface area contributed by atoms with Gasteiger partial charge in [-0.3, -0.25) is 4.79 Å². The first-order valence-corrected chi connectivity index (χ1v) is 5.27. The average Bonchev–Trinajstić information content (AvgIpc) is 2.23. The molecular weight excluding hydrogens is 188 g/mol. The van der Waals surface area contributed by atoms with Gasteiger partial charge < -0.3 is 4.74 Å². The minimum Gasteiger partial charge on any atom is -0.485 e. The van der Waals surface area contributed by atoms with Crippen LogP contribution in [0.3, 0.4) is 0 Å². The Labute approximate surface area is 91.3 Å². The second-order valence-corrected chi connectivity index (χ2v) is 3.83. The first kappa shape index (κ1) is 11.8. The van der Waals surface area contributed by atoms with E-state index in [9.17, 15) is 4.79 Å². The zero-order chi connectivity index (χ0) is 11.4. The largest absolute Gasteiger partial charge is 0.485 e. The van der Waals surface area contributed by atoms with Crippen LogP contribution in [-0.4, -0.2) is 12.4 Å². The number of benzene rings is 1. The second-order valence-electron chi connectivity index (χ2n) is 3.83. The molecule has 0 aliphatic carbocycles. The Kier molecular flexibility index (Phi) is 3.89. The number of ketones is 1. The Morgan fingerprint density at radius 3 is 2.40 bits per heavy atom. The topological polar surface area (TPSA) is 26.3 Å². The van der Waals surface area contributed by atoms with E-state index in [1.165, 1.54) is 5.56 Å². The fourth-order valence-corrected chi connectivity index (χ4v) is 1.40. The number of carbonyl (C=O) groups excluding carboxylic acids is 1. The van der Waals surface area contributed by atoms with Gasteiger partial charge in [-0.25, -0.2) is 0 Å². The molecule has 0 saturated heterocycles. The van der Waals surface area contributed by atoms with Crippen LogP contribution >= 0.6 is 0 Å². The molecule has 1 aromatic carbocycles. The quantitative estimate of drug-likeness (QED) is 0.757. The van der Waals surface area contributed by atoms with E-state index in [4.69, 9.17) is 4.74 Å². The molecule has 15 heavy (non-hydrogen) atoms. The van der Waals surface area contributed by atoms with Crippen molar-refractivity contribution in [3.05, 3.63) is 28.8 Å². The van der Waals surface area contributed by atoms with E-state index in [-0.39, 0.29) is 12.4 Å². The van der Waals surface area contributed by atoms with Crippen molar-refractivity contribution in [1.29, 1.82) is 0 Å². The standard InChI is InChI=1S/C13H18O2/c1-5-12(14)8-15-13-10(3)7-6-9(2)11(13)4/h6-7H,5,8H2,1-4H3. The Morgan fingerprint density at radius 1 is 1.20 bits per heavy atom. The summed E-state index contributed by atoms with van der Waals surface area (Å²) in [7, 11) is 0. The van der Waals surface area contributed by atoms with Gasteiger partial charge in [0.15, 0.2) is 5.78 Å². The van der Waals surface area contributed by atoms with Gasteiger partial charge in [-0.05, 0) is 37.5 Å². The van der Waals surface area contributed by atoms with E-state index in [1.807, 2.05) is 33.8 Å². The third kappa shape index (κ3) is 2.82. The summed E-state index contributed by atoms with van der Waals surface area (Å²) in [5, 5.41) is 0. The lowest BCUT2D eigenvalue weighted by Crippen LogP contribution is -2.11. The maximum absolute atomic E-state index is 11.2. The van der Waals surface area contributed by atoms with Gasteiger partial charge in [0.05, 0.1) is 0 Å². The Morgan fingerprint density at radius 2 is 1.80 bits per heavy atom. The fourth-order valence-electron chi connectivity index (χ4n) is 1.40. The molecule has 0 aliphatic rings. The summed E-state index contributed by atoms with van der Waals surface area (Å²) in [4.78, 5) is 11.2. The SMILES string of the molecule is CCC(=O)COc1c(C)ccc(C)c1C. The Balaban J connectivity index is 2.84. The van der Waals surface area contributed by atoms with Crippen molar-refractivity contribution in [3.63, 3.8) is 0 Å². The summed E-state index contributed by atoms with van der Waals surface area (Å²) >= 11 is 0. The van der Waals surface area contributed by atoms with Gasteiger partial charge in [-0.1, -0.05) is 19.1 Å². The van der Waals surface area contributed by atoms with Crippen LogP contribution in [0.2, 0.25) is 0 Å². The molecule has 0 fully saturated rings. The summed E-state index contributed by atoms with van der Waals surface area (Å²) in [6.45, 7) is 8.10.